The maximum atomic E-state index is 5.58. The van der Waals surface area contributed by atoms with Crippen molar-refractivity contribution in [2.24, 2.45) is 0 Å². The fourth-order valence-electron chi connectivity index (χ4n) is 4.15. The average molecular weight is 346 g/mol. The van der Waals surface area contributed by atoms with Crippen molar-refractivity contribution in [1.29, 1.82) is 0 Å². The quantitative estimate of drug-likeness (QED) is 0.679. The van der Waals surface area contributed by atoms with E-state index < -0.39 is 0 Å². The Morgan fingerprint density at radius 3 is 2.50 bits per heavy atom. The van der Waals surface area contributed by atoms with Crippen molar-refractivity contribution in [2.45, 2.75) is 31.7 Å². The van der Waals surface area contributed by atoms with E-state index in [9.17, 15) is 0 Å². The number of piperidine rings is 1. The summed E-state index contributed by atoms with van der Waals surface area (Å²) in [7, 11) is 1.77. The minimum absolute atomic E-state index is 0.487. The van der Waals surface area contributed by atoms with Gasteiger partial charge < -0.3 is 14.6 Å². The molecule has 4 rings (SSSR count). The third-order valence-electron chi connectivity index (χ3n) is 5.52. The van der Waals surface area contributed by atoms with Gasteiger partial charge in [0.05, 0.1) is 7.11 Å². The predicted molar refractivity (Wildman–Crippen MR) is 108 cm³/mol. The first-order chi connectivity index (χ1) is 12.8. The molecule has 3 nitrogen and oxygen atoms in total. The molecule has 134 valence electrons. The molecule has 2 aromatic carbocycles. The van der Waals surface area contributed by atoms with Gasteiger partial charge in [-0.3, -0.25) is 0 Å². The number of aromatic amines is 1. The molecule has 26 heavy (non-hydrogen) atoms. The number of aromatic nitrogens is 1. The summed E-state index contributed by atoms with van der Waals surface area (Å²) in [6.07, 6.45) is 2.28. The van der Waals surface area contributed by atoms with Crippen LogP contribution in [0.5, 0.6) is 5.75 Å². The third kappa shape index (κ3) is 3.22. The summed E-state index contributed by atoms with van der Waals surface area (Å²) in [6.45, 7) is 3.38. The number of benzene rings is 2. The summed E-state index contributed by atoms with van der Waals surface area (Å²) >= 11 is 0. The number of anilines is 1. The van der Waals surface area contributed by atoms with Gasteiger partial charge in [-0.1, -0.05) is 48.5 Å². The summed E-state index contributed by atoms with van der Waals surface area (Å²) in [4.78, 5) is 6.11. The van der Waals surface area contributed by atoms with Crippen LogP contribution in [-0.4, -0.2) is 24.7 Å². The number of hydrogen-bond acceptors (Lipinski definition) is 2. The molecule has 2 atom stereocenters. The Hall–Kier alpha value is -2.68. The van der Waals surface area contributed by atoms with Crippen molar-refractivity contribution < 1.29 is 4.74 Å². The number of H-pyrrole nitrogens is 1. The van der Waals surface area contributed by atoms with E-state index in [-0.39, 0.29) is 0 Å². The molecule has 0 spiro atoms. The highest BCUT2D eigenvalue weighted by molar-refractivity contribution is 5.63. The van der Waals surface area contributed by atoms with Crippen LogP contribution in [0.1, 0.15) is 31.2 Å². The molecule has 2 unspecified atom stereocenters. The van der Waals surface area contributed by atoms with Crippen LogP contribution < -0.4 is 9.64 Å². The second kappa shape index (κ2) is 7.28. The molecule has 1 aliphatic heterocycles. The molecule has 0 bridgehead atoms. The largest absolute Gasteiger partial charge is 0.496 e. The molecule has 1 aromatic heterocycles. The first-order valence-corrected chi connectivity index (χ1v) is 9.40. The van der Waals surface area contributed by atoms with Crippen LogP contribution in [0, 0.1) is 0 Å². The molecule has 0 saturated carbocycles. The van der Waals surface area contributed by atoms with Crippen LogP contribution in [0.4, 0.5) is 5.82 Å². The third-order valence-corrected chi connectivity index (χ3v) is 5.52. The standard InChI is InChI=1S/C23H26N2O/c1-17-16-19(20-10-6-7-11-22(20)26-2)14-15-25(17)23-13-12-21(24-23)18-8-4-3-5-9-18/h3-13,17,19,24H,14-16H2,1-2H3. The van der Waals surface area contributed by atoms with Gasteiger partial charge in [-0.05, 0) is 55.0 Å². The maximum absolute atomic E-state index is 5.58. The van der Waals surface area contributed by atoms with Crippen LogP contribution in [0.15, 0.2) is 66.7 Å². The molecule has 0 radical (unpaired) electrons. The Kier molecular flexibility index (Phi) is 4.70. The van der Waals surface area contributed by atoms with Crippen molar-refractivity contribution in [3.63, 3.8) is 0 Å². The van der Waals surface area contributed by atoms with E-state index in [2.05, 4.69) is 77.5 Å². The zero-order chi connectivity index (χ0) is 17.9. The zero-order valence-electron chi connectivity index (χ0n) is 15.5. The Balaban J connectivity index is 1.50. The van der Waals surface area contributed by atoms with E-state index in [0.29, 0.717) is 12.0 Å². The topological polar surface area (TPSA) is 28.3 Å². The van der Waals surface area contributed by atoms with E-state index >= 15 is 0 Å². The molecule has 0 aliphatic carbocycles. The highest BCUT2D eigenvalue weighted by Crippen LogP contribution is 2.38. The van der Waals surface area contributed by atoms with E-state index in [1.807, 2.05) is 6.07 Å². The van der Waals surface area contributed by atoms with Crippen LogP contribution in [0.2, 0.25) is 0 Å². The van der Waals surface area contributed by atoms with Crippen LogP contribution >= 0.6 is 0 Å². The van der Waals surface area contributed by atoms with Gasteiger partial charge in [0.15, 0.2) is 0 Å². The number of methoxy groups -OCH3 is 1. The fraction of sp³-hybridized carbons (Fsp3) is 0.304. The summed E-state index contributed by atoms with van der Waals surface area (Å²) in [5, 5.41) is 0. The molecular weight excluding hydrogens is 320 g/mol. The molecule has 0 amide bonds. The first kappa shape index (κ1) is 16.8. The van der Waals surface area contributed by atoms with Gasteiger partial charge in [0.2, 0.25) is 0 Å². The number of para-hydroxylation sites is 1. The molecule has 1 fully saturated rings. The number of hydrogen-bond donors (Lipinski definition) is 1. The van der Waals surface area contributed by atoms with Crippen molar-refractivity contribution in [3.8, 4) is 17.0 Å². The number of nitrogens with one attached hydrogen (secondary N) is 1. The second-order valence-corrected chi connectivity index (χ2v) is 7.13. The SMILES string of the molecule is COc1ccccc1C1CCN(c2ccc(-c3ccccc3)[nH]2)C(C)C1. The number of nitrogens with zero attached hydrogens (tertiary/aromatic N) is 1. The smallest absolute Gasteiger partial charge is 0.122 e. The predicted octanol–water partition coefficient (Wildman–Crippen LogP) is 5.46. The van der Waals surface area contributed by atoms with Gasteiger partial charge in [-0.15, -0.1) is 0 Å². The molecule has 3 aromatic rings. The monoisotopic (exact) mass is 346 g/mol. The number of ether oxygens (including phenoxy) is 1. The van der Waals surface area contributed by atoms with Gasteiger partial charge in [0.25, 0.3) is 0 Å². The van der Waals surface area contributed by atoms with E-state index in [0.717, 1.165) is 25.1 Å². The lowest BCUT2D eigenvalue weighted by molar-refractivity contribution is 0.384. The lowest BCUT2D eigenvalue weighted by Gasteiger charge is -2.39. The first-order valence-electron chi connectivity index (χ1n) is 9.40. The Morgan fingerprint density at radius 1 is 0.962 bits per heavy atom. The van der Waals surface area contributed by atoms with E-state index in [4.69, 9.17) is 4.74 Å². The van der Waals surface area contributed by atoms with Gasteiger partial charge in [0, 0.05) is 18.3 Å². The minimum Gasteiger partial charge on any atom is -0.496 e. The van der Waals surface area contributed by atoms with Crippen LogP contribution in [0.3, 0.4) is 0 Å². The summed E-state index contributed by atoms with van der Waals surface area (Å²) in [5.74, 6) is 2.79. The van der Waals surface area contributed by atoms with Crippen molar-refractivity contribution >= 4 is 5.82 Å². The lowest BCUT2D eigenvalue weighted by atomic mass is 9.85. The molecule has 1 N–H and O–H groups in total. The van der Waals surface area contributed by atoms with Crippen molar-refractivity contribution in [2.75, 3.05) is 18.6 Å². The summed E-state index contributed by atoms with van der Waals surface area (Å²) < 4.78 is 5.58. The fourth-order valence-corrected chi connectivity index (χ4v) is 4.15. The van der Waals surface area contributed by atoms with Crippen molar-refractivity contribution in [1.82, 2.24) is 4.98 Å². The summed E-state index contributed by atoms with van der Waals surface area (Å²) in [5.41, 5.74) is 3.76. The Morgan fingerprint density at radius 2 is 1.73 bits per heavy atom. The molecule has 2 heterocycles. The van der Waals surface area contributed by atoms with Crippen LogP contribution in [-0.2, 0) is 0 Å². The Labute approximate surface area is 155 Å². The average Bonchev–Trinajstić information content (AvgIpc) is 3.18. The minimum atomic E-state index is 0.487. The van der Waals surface area contributed by atoms with Gasteiger partial charge in [-0.25, -0.2) is 0 Å². The van der Waals surface area contributed by atoms with Gasteiger partial charge in [0.1, 0.15) is 11.6 Å². The molecule has 1 aliphatic rings. The van der Waals surface area contributed by atoms with E-state index in [1.165, 1.54) is 22.6 Å². The van der Waals surface area contributed by atoms with Gasteiger partial charge >= 0.3 is 0 Å². The highest BCUT2D eigenvalue weighted by Gasteiger charge is 2.28. The van der Waals surface area contributed by atoms with Gasteiger partial charge in [-0.2, -0.15) is 0 Å². The summed E-state index contributed by atoms with van der Waals surface area (Å²) in [6, 6.07) is 23.8. The lowest BCUT2D eigenvalue weighted by Crippen LogP contribution is -2.40. The highest BCUT2D eigenvalue weighted by atomic mass is 16.5. The van der Waals surface area contributed by atoms with Crippen LogP contribution in [0.25, 0.3) is 11.3 Å². The molecular formula is C23H26N2O. The molecule has 1 saturated heterocycles. The van der Waals surface area contributed by atoms with E-state index in [1.54, 1.807) is 7.11 Å². The normalized spacial score (nSPS) is 20.2. The van der Waals surface area contributed by atoms with Crippen molar-refractivity contribution in [3.05, 3.63) is 72.3 Å². The molecule has 3 heteroatoms. The number of rotatable bonds is 4. The second-order valence-electron chi connectivity index (χ2n) is 7.13. The zero-order valence-corrected chi connectivity index (χ0v) is 15.5. The maximum Gasteiger partial charge on any atom is 0.122 e. The Bertz CT molecular complexity index is 855.